The molecule has 0 unspecified atom stereocenters. The van der Waals surface area contributed by atoms with E-state index in [1.807, 2.05) is 29.3 Å². The summed E-state index contributed by atoms with van der Waals surface area (Å²) in [4.78, 5) is 13.0. The van der Waals surface area contributed by atoms with Gasteiger partial charge in [-0.3, -0.25) is 0 Å². The molecule has 0 spiro atoms. The summed E-state index contributed by atoms with van der Waals surface area (Å²) >= 11 is 0.591. The average molecular weight is 862 g/mol. The van der Waals surface area contributed by atoms with E-state index in [0.29, 0.717) is 76.6 Å². The summed E-state index contributed by atoms with van der Waals surface area (Å²) in [6.07, 6.45) is 4.20. The number of benzene rings is 1. The molecule has 0 amide bonds. The summed E-state index contributed by atoms with van der Waals surface area (Å²) in [5.74, 6) is 1.13. The minimum atomic E-state index is -1.05. The Bertz CT molecular complexity index is 1120. The molecule has 1 saturated heterocycles. The number of nitrogens with zero attached hydrogens (tertiary/aromatic N) is 4. The van der Waals surface area contributed by atoms with E-state index in [0.717, 1.165) is 29.7 Å². The van der Waals surface area contributed by atoms with Gasteiger partial charge in [0.1, 0.15) is 18.7 Å². The molecule has 0 radical (unpaired) electrons. The number of halogens is 2. The first-order valence-corrected chi connectivity index (χ1v) is 16.2. The number of hydrogen-bond donors (Lipinski definition) is 1. The Hall–Kier alpha value is -1.16. The summed E-state index contributed by atoms with van der Waals surface area (Å²) in [7, 11) is 0. The Labute approximate surface area is 237 Å². The number of anilines is 3. The van der Waals surface area contributed by atoms with Crippen molar-refractivity contribution >= 4 is 69.0 Å². The normalized spacial score (nSPS) is 21.3. The van der Waals surface area contributed by atoms with Crippen molar-refractivity contribution in [2.75, 3.05) is 28.5 Å². The SMILES string of the molecule is C=CN1/C(=C(\C)[C@H](C)Nc2nccc(N3COC[C@@H]3[C@H](C)F)n2)CCc2cc([C](F)([Tl])[Tl])ccc21. The second-order valence-electron chi connectivity index (χ2n) is 9.11. The Kier molecular flexibility index (Phi) is 8.51. The van der Waals surface area contributed by atoms with Crippen molar-refractivity contribution in [3.05, 3.63) is 65.6 Å². The van der Waals surface area contributed by atoms with Crippen LogP contribution in [0.3, 0.4) is 0 Å². The van der Waals surface area contributed by atoms with Gasteiger partial charge in [-0.1, -0.05) is 0 Å². The van der Waals surface area contributed by atoms with Crippen molar-refractivity contribution in [1.82, 2.24) is 9.97 Å². The molecule has 2 aliphatic rings. The van der Waals surface area contributed by atoms with Gasteiger partial charge in [0.25, 0.3) is 0 Å². The van der Waals surface area contributed by atoms with E-state index < -0.39 is 6.96 Å². The van der Waals surface area contributed by atoms with Crippen molar-refractivity contribution in [2.24, 2.45) is 0 Å². The molecule has 0 aliphatic carbocycles. The van der Waals surface area contributed by atoms with E-state index >= 15 is 0 Å². The molecule has 35 heavy (non-hydrogen) atoms. The third-order valence-corrected chi connectivity index (χ3v) is 9.31. The molecule has 3 atom stereocenters. The second-order valence-corrected chi connectivity index (χ2v) is 25.7. The molecule has 1 aromatic carbocycles. The quantitative estimate of drug-likeness (QED) is 0.425. The molecule has 2 aromatic rings. The van der Waals surface area contributed by atoms with Gasteiger partial charge in [0, 0.05) is 6.20 Å². The minimum absolute atomic E-state index is 0.0431. The number of alkyl halides is 2. The summed E-state index contributed by atoms with van der Waals surface area (Å²) in [6.45, 7) is 10.4. The van der Waals surface area contributed by atoms with E-state index in [9.17, 15) is 8.78 Å². The number of allylic oxidation sites excluding steroid dienone is 1. The third kappa shape index (κ3) is 5.89. The van der Waals surface area contributed by atoms with Gasteiger partial charge in [0.05, 0.1) is 12.6 Å². The summed E-state index contributed by atoms with van der Waals surface area (Å²) < 4.78 is 33.1. The van der Waals surface area contributed by atoms with E-state index in [-0.39, 0.29) is 12.1 Å². The monoisotopic (exact) mass is 863 g/mol. The number of hydrogen-bond acceptors (Lipinski definition) is 6. The summed E-state index contributed by atoms with van der Waals surface area (Å²) in [5, 5.41) is 3.40. The zero-order chi connectivity index (χ0) is 25.3. The molecule has 4 rings (SSSR count). The first kappa shape index (κ1) is 26.9. The zero-order valence-corrected chi connectivity index (χ0v) is 29.3. The topological polar surface area (TPSA) is 53.5 Å². The van der Waals surface area contributed by atoms with Crippen LogP contribution in [0.2, 0.25) is 0 Å². The number of ether oxygens (including phenoxy) is 1. The van der Waals surface area contributed by atoms with Crippen LogP contribution in [0, 0.1) is 0 Å². The number of rotatable bonds is 7. The molecule has 6 nitrogen and oxygen atoms in total. The van der Waals surface area contributed by atoms with Crippen LogP contribution in [0.5, 0.6) is 0 Å². The molecule has 3 heterocycles. The molecule has 1 aromatic heterocycles. The van der Waals surface area contributed by atoms with Gasteiger partial charge in [-0.25, -0.2) is 4.39 Å². The Morgan fingerprint density at radius 3 is 2.77 bits per heavy atom. The van der Waals surface area contributed by atoms with Crippen molar-refractivity contribution in [3.63, 3.8) is 0 Å². The van der Waals surface area contributed by atoms with Crippen LogP contribution in [0.4, 0.5) is 26.2 Å². The molecule has 1 N–H and O–H groups in total. The third-order valence-electron chi connectivity index (χ3n) is 6.72. The first-order valence-electron chi connectivity index (χ1n) is 11.7. The van der Waals surface area contributed by atoms with E-state index in [4.69, 9.17) is 4.74 Å². The van der Waals surface area contributed by atoms with Gasteiger partial charge in [-0.05, 0) is 13.0 Å². The summed E-state index contributed by atoms with van der Waals surface area (Å²) in [5.41, 5.74) is 5.39. The van der Waals surface area contributed by atoms with Crippen molar-refractivity contribution in [2.45, 2.75) is 52.7 Å². The molecule has 0 saturated carbocycles. The Morgan fingerprint density at radius 1 is 1.31 bits per heavy atom. The van der Waals surface area contributed by atoms with E-state index in [1.54, 1.807) is 19.2 Å². The fourth-order valence-corrected chi connectivity index (χ4v) is 5.97. The predicted octanol–water partition coefficient (Wildman–Crippen LogP) is 4.08. The van der Waals surface area contributed by atoms with E-state index in [2.05, 4.69) is 40.6 Å². The van der Waals surface area contributed by atoms with E-state index in [1.165, 1.54) is 11.3 Å². The molecular formula is C25H29F2N5OTl2. The van der Waals surface area contributed by atoms with Crippen molar-refractivity contribution in [3.8, 4) is 0 Å². The molecule has 10 heteroatoms. The van der Waals surface area contributed by atoms with Gasteiger partial charge in [0.15, 0.2) is 0 Å². The number of nitrogens with one attached hydrogen (secondary N) is 1. The average Bonchev–Trinajstić information content (AvgIpc) is 3.32. The van der Waals surface area contributed by atoms with Crippen LogP contribution in [-0.4, -0.2) is 93.1 Å². The fraction of sp³-hybridized carbons (Fsp3) is 0.440. The van der Waals surface area contributed by atoms with Gasteiger partial charge in [-0.15, -0.1) is 0 Å². The number of aromatic nitrogens is 2. The van der Waals surface area contributed by atoms with Crippen molar-refractivity contribution in [1.29, 1.82) is 0 Å². The van der Waals surface area contributed by atoms with Crippen LogP contribution >= 0.6 is 0 Å². The van der Waals surface area contributed by atoms with Crippen LogP contribution in [0.25, 0.3) is 0 Å². The Balaban J connectivity index is 1.55. The second kappa shape index (κ2) is 11.1. The van der Waals surface area contributed by atoms with Crippen LogP contribution in [-0.2, 0) is 11.9 Å². The van der Waals surface area contributed by atoms with Crippen LogP contribution in [0.15, 0.2) is 54.5 Å². The van der Waals surface area contributed by atoms with Crippen molar-refractivity contribution < 1.29 is 13.5 Å². The summed E-state index contributed by atoms with van der Waals surface area (Å²) in [6, 6.07) is 7.40. The van der Waals surface area contributed by atoms with Gasteiger partial charge in [0.2, 0.25) is 0 Å². The fourth-order valence-electron chi connectivity index (χ4n) is 4.58. The maximum atomic E-state index is 14.6. The molecule has 2 aliphatic heterocycles. The molecule has 180 valence electrons. The number of aryl methyl sites for hydroxylation is 1. The molecular weight excluding hydrogens is 833 g/mol. The van der Waals surface area contributed by atoms with Gasteiger partial charge in [-0.2, -0.15) is 0 Å². The first-order chi connectivity index (χ1) is 16.6. The number of fused-ring (bicyclic) bond motifs is 1. The Morgan fingerprint density at radius 2 is 2.09 bits per heavy atom. The standard InChI is InChI=1S/C25H29F2N5O.2Tl/c1-5-31-21(9-7-20-12-19(13-26)6-8-22(20)31)16(2)18(4)29-25-28-11-10-24(30-25)32-15-33-14-23(32)17(3)27;;/h5-6,8,10-12,17-18,23H,1,7,9,14-15H2,2-4H3,(H,28,29,30);;/b21-16+;;/t17-,18-,23+;;/m0../s1. The van der Waals surface area contributed by atoms with Gasteiger partial charge < -0.3 is 9.64 Å². The molecule has 1 fully saturated rings. The van der Waals surface area contributed by atoms with Gasteiger partial charge >= 0.3 is 175 Å². The predicted molar refractivity (Wildman–Crippen MR) is 137 cm³/mol. The zero-order valence-electron chi connectivity index (χ0n) is 20.3. The van der Waals surface area contributed by atoms with Crippen LogP contribution in [0.1, 0.15) is 38.3 Å². The molecule has 0 bridgehead atoms. The van der Waals surface area contributed by atoms with Crippen LogP contribution < -0.4 is 15.1 Å². The maximum absolute atomic E-state index is 14.6.